The van der Waals surface area contributed by atoms with Gasteiger partial charge in [0.15, 0.2) is 0 Å². The van der Waals surface area contributed by atoms with Crippen LogP contribution in [0.4, 0.5) is 0 Å². The molecule has 1 aromatic rings. The normalized spacial score (nSPS) is 11.9. The second-order valence-electron chi connectivity index (χ2n) is 4.18. The Balaban J connectivity index is 3.73. The highest BCUT2D eigenvalue weighted by molar-refractivity contribution is 6.09. The van der Waals surface area contributed by atoms with Gasteiger partial charge in [0.1, 0.15) is 0 Å². The Morgan fingerprint density at radius 1 is 1.00 bits per heavy atom. The molecule has 0 aliphatic rings. The number of carboxylic acid groups (broad SMARTS) is 3. The van der Waals surface area contributed by atoms with Gasteiger partial charge >= 0.3 is 17.9 Å². The monoisotopic (exact) mass is 266 g/mol. The third kappa shape index (κ3) is 2.73. The molecule has 6 heteroatoms. The van der Waals surface area contributed by atoms with Crippen molar-refractivity contribution in [3.05, 3.63) is 34.4 Å². The molecule has 0 aliphatic carbocycles. The molecule has 0 amide bonds. The lowest BCUT2D eigenvalue weighted by atomic mass is 9.88. The van der Waals surface area contributed by atoms with Crippen molar-refractivity contribution in [2.45, 2.75) is 26.2 Å². The molecule has 102 valence electrons. The average Bonchev–Trinajstić information content (AvgIpc) is 2.35. The molecule has 19 heavy (non-hydrogen) atoms. The van der Waals surface area contributed by atoms with E-state index in [9.17, 15) is 19.5 Å². The maximum Gasteiger partial charge on any atom is 0.337 e. The second-order valence-corrected chi connectivity index (χ2v) is 4.18. The van der Waals surface area contributed by atoms with E-state index < -0.39 is 34.6 Å². The van der Waals surface area contributed by atoms with E-state index in [1.807, 2.05) is 6.92 Å². The van der Waals surface area contributed by atoms with Crippen molar-refractivity contribution >= 4 is 17.9 Å². The van der Waals surface area contributed by atoms with Gasteiger partial charge in [-0.05, 0) is 24.0 Å². The molecule has 6 nitrogen and oxygen atoms in total. The number of benzene rings is 1. The number of hydrogen-bond donors (Lipinski definition) is 3. The summed E-state index contributed by atoms with van der Waals surface area (Å²) in [6, 6.07) is 2.51. The molecule has 0 saturated carbocycles. The molecule has 0 spiro atoms. The van der Waals surface area contributed by atoms with Crippen LogP contribution in [0.25, 0.3) is 0 Å². The minimum absolute atomic E-state index is 0.174. The van der Waals surface area contributed by atoms with E-state index in [0.29, 0.717) is 12.0 Å². The van der Waals surface area contributed by atoms with Crippen molar-refractivity contribution in [1.82, 2.24) is 0 Å². The third-order valence-corrected chi connectivity index (χ3v) is 3.04. The highest BCUT2D eigenvalue weighted by Gasteiger charge is 2.28. The SMILES string of the molecule is CCC(C)c1ccc(C(=O)O)c(C(=O)O)c1C(=O)O. The van der Waals surface area contributed by atoms with Gasteiger partial charge in [-0.2, -0.15) is 0 Å². The fourth-order valence-corrected chi connectivity index (χ4v) is 1.88. The van der Waals surface area contributed by atoms with Gasteiger partial charge in [0, 0.05) is 0 Å². The van der Waals surface area contributed by atoms with Crippen LogP contribution in [0.1, 0.15) is 62.8 Å². The topological polar surface area (TPSA) is 112 Å². The molecule has 1 unspecified atom stereocenters. The first kappa shape index (κ1) is 14.7. The summed E-state index contributed by atoms with van der Waals surface area (Å²) in [6.07, 6.45) is 0.617. The van der Waals surface area contributed by atoms with E-state index in [1.54, 1.807) is 6.92 Å². The largest absolute Gasteiger partial charge is 0.478 e. The van der Waals surface area contributed by atoms with E-state index >= 15 is 0 Å². The van der Waals surface area contributed by atoms with E-state index in [2.05, 4.69) is 0 Å². The highest BCUT2D eigenvalue weighted by Crippen LogP contribution is 2.28. The van der Waals surface area contributed by atoms with Crippen molar-refractivity contribution in [3.63, 3.8) is 0 Å². The molecular formula is C13H14O6. The summed E-state index contributed by atoms with van der Waals surface area (Å²) in [5.41, 5.74) is -1.30. The molecule has 3 N–H and O–H groups in total. The van der Waals surface area contributed by atoms with Crippen molar-refractivity contribution in [3.8, 4) is 0 Å². The molecule has 0 aromatic heterocycles. The maximum atomic E-state index is 11.3. The molecule has 0 fully saturated rings. The number of hydrogen-bond acceptors (Lipinski definition) is 3. The number of rotatable bonds is 5. The van der Waals surface area contributed by atoms with Crippen LogP contribution < -0.4 is 0 Å². The van der Waals surface area contributed by atoms with Crippen LogP contribution >= 0.6 is 0 Å². The summed E-state index contributed by atoms with van der Waals surface area (Å²) in [7, 11) is 0. The number of carboxylic acids is 3. The van der Waals surface area contributed by atoms with Crippen molar-refractivity contribution in [1.29, 1.82) is 0 Å². The predicted molar refractivity (Wildman–Crippen MR) is 66.0 cm³/mol. The molecule has 1 rings (SSSR count). The predicted octanol–water partition coefficient (Wildman–Crippen LogP) is 2.29. The summed E-state index contributed by atoms with van der Waals surface area (Å²) < 4.78 is 0. The highest BCUT2D eigenvalue weighted by atomic mass is 16.4. The molecule has 0 bridgehead atoms. The van der Waals surface area contributed by atoms with Gasteiger partial charge in [0.2, 0.25) is 0 Å². The minimum atomic E-state index is -1.56. The van der Waals surface area contributed by atoms with Crippen LogP contribution in [-0.2, 0) is 0 Å². The Morgan fingerprint density at radius 2 is 1.53 bits per heavy atom. The van der Waals surface area contributed by atoms with Crippen LogP contribution in [0, 0.1) is 0 Å². The smallest absolute Gasteiger partial charge is 0.337 e. The zero-order valence-corrected chi connectivity index (χ0v) is 10.5. The molecular weight excluding hydrogens is 252 g/mol. The van der Waals surface area contributed by atoms with Gasteiger partial charge in [-0.25, -0.2) is 14.4 Å². The number of carbonyl (C=O) groups is 3. The van der Waals surface area contributed by atoms with E-state index in [1.165, 1.54) is 6.07 Å². The van der Waals surface area contributed by atoms with E-state index in [0.717, 1.165) is 6.07 Å². The summed E-state index contributed by atoms with van der Waals surface area (Å²) in [4.78, 5) is 33.5. The Labute approximate surface area is 109 Å². The van der Waals surface area contributed by atoms with Gasteiger partial charge in [0.25, 0.3) is 0 Å². The summed E-state index contributed by atoms with van der Waals surface area (Å²) in [5.74, 6) is -4.63. The van der Waals surface area contributed by atoms with Gasteiger partial charge in [-0.3, -0.25) is 0 Å². The first-order valence-electron chi connectivity index (χ1n) is 5.68. The van der Waals surface area contributed by atoms with E-state index in [-0.39, 0.29) is 5.92 Å². The molecule has 1 aromatic carbocycles. The lowest BCUT2D eigenvalue weighted by Crippen LogP contribution is -2.18. The first-order chi connectivity index (χ1) is 8.81. The Bertz CT molecular complexity index is 546. The van der Waals surface area contributed by atoms with Crippen molar-refractivity contribution < 1.29 is 29.7 Å². The van der Waals surface area contributed by atoms with E-state index in [4.69, 9.17) is 10.2 Å². The molecule has 1 atom stereocenters. The van der Waals surface area contributed by atoms with Gasteiger partial charge in [-0.15, -0.1) is 0 Å². The maximum absolute atomic E-state index is 11.3. The zero-order valence-electron chi connectivity index (χ0n) is 10.5. The van der Waals surface area contributed by atoms with Gasteiger partial charge in [-0.1, -0.05) is 19.9 Å². The summed E-state index contributed by atoms with van der Waals surface area (Å²) in [5, 5.41) is 27.2. The second kappa shape index (κ2) is 5.51. The molecule has 0 radical (unpaired) electrons. The fourth-order valence-electron chi connectivity index (χ4n) is 1.88. The van der Waals surface area contributed by atoms with Crippen LogP contribution in [0.3, 0.4) is 0 Å². The lowest BCUT2D eigenvalue weighted by molar-refractivity contribution is 0.0632. The molecule has 0 saturated heterocycles. The Morgan fingerprint density at radius 3 is 1.89 bits per heavy atom. The Hall–Kier alpha value is -2.37. The zero-order chi connectivity index (χ0) is 14.7. The van der Waals surface area contributed by atoms with Crippen LogP contribution in [0.15, 0.2) is 12.1 Å². The fraction of sp³-hybridized carbons (Fsp3) is 0.308. The third-order valence-electron chi connectivity index (χ3n) is 3.04. The van der Waals surface area contributed by atoms with Gasteiger partial charge < -0.3 is 15.3 Å². The molecule has 0 aliphatic heterocycles. The summed E-state index contributed by atoms with van der Waals surface area (Å²) in [6.45, 7) is 3.59. The minimum Gasteiger partial charge on any atom is -0.478 e. The molecule has 0 heterocycles. The van der Waals surface area contributed by atoms with Crippen LogP contribution in [0.2, 0.25) is 0 Å². The first-order valence-corrected chi connectivity index (χ1v) is 5.68. The standard InChI is InChI=1S/C13H14O6/c1-3-6(2)7-4-5-8(11(14)15)10(13(18)19)9(7)12(16)17/h4-6H,3H2,1-2H3,(H,14,15)(H,16,17)(H,18,19). The quantitative estimate of drug-likeness (QED) is 0.753. The summed E-state index contributed by atoms with van der Waals surface area (Å²) >= 11 is 0. The van der Waals surface area contributed by atoms with Crippen LogP contribution in [-0.4, -0.2) is 33.2 Å². The average molecular weight is 266 g/mol. The van der Waals surface area contributed by atoms with Gasteiger partial charge in [0.05, 0.1) is 16.7 Å². The van der Waals surface area contributed by atoms with Crippen molar-refractivity contribution in [2.24, 2.45) is 0 Å². The Kier molecular flexibility index (Phi) is 4.26. The number of aromatic carboxylic acids is 3. The lowest BCUT2D eigenvalue weighted by Gasteiger charge is -2.16. The van der Waals surface area contributed by atoms with Crippen molar-refractivity contribution in [2.75, 3.05) is 0 Å². The van der Waals surface area contributed by atoms with Crippen LogP contribution in [0.5, 0.6) is 0 Å².